The maximum absolute atomic E-state index is 14.2. The number of aliphatic hydroxyl groups excluding tert-OH is 1. The number of carboxylic acid groups (broad SMARTS) is 1. The van der Waals surface area contributed by atoms with Crippen LogP contribution in [0, 0.1) is 12.8 Å². The molecular weight excluding hydrogens is 563 g/mol. The molecule has 0 bridgehead atoms. The standard InChI is InChI=1S/C28H27ClF3N5O4/c1-16-11-20(29)8-9-22(16)37-25(28(30,31)32)21(13-33-37)27-34-26(35-41-27)19-6-4-18(5-7-19)23(38)15-36-10-2-3-17(14-36)12-24(39)40/h4-9,11,13,17,23,38H,2-3,10,12,14-15H2,1H3,(H,39,40)/t17-,23+/m1/s1. The number of alkyl halides is 3. The largest absolute Gasteiger partial charge is 0.481 e. The van der Waals surface area contributed by atoms with Crippen molar-refractivity contribution in [3.05, 3.63) is 70.5 Å². The lowest BCUT2D eigenvalue weighted by atomic mass is 9.94. The van der Waals surface area contributed by atoms with Crippen molar-refractivity contribution in [2.45, 2.75) is 38.5 Å². The fourth-order valence-electron chi connectivity index (χ4n) is 5.20. The summed E-state index contributed by atoms with van der Waals surface area (Å²) >= 11 is 5.97. The molecule has 5 rings (SSSR count). The van der Waals surface area contributed by atoms with Crippen molar-refractivity contribution in [1.29, 1.82) is 0 Å². The number of hydrogen-bond donors (Lipinski definition) is 2. The first kappa shape index (κ1) is 28.8. The Morgan fingerprint density at radius 1 is 1.22 bits per heavy atom. The Bertz CT molecular complexity index is 1540. The molecule has 9 nitrogen and oxygen atoms in total. The van der Waals surface area contributed by atoms with Gasteiger partial charge in [-0.25, -0.2) is 4.68 Å². The number of aliphatic hydroxyl groups is 1. The van der Waals surface area contributed by atoms with Gasteiger partial charge in [0.05, 0.1) is 23.6 Å². The minimum Gasteiger partial charge on any atom is -0.481 e. The Labute approximate surface area is 238 Å². The molecule has 1 saturated heterocycles. The van der Waals surface area contributed by atoms with Gasteiger partial charge >= 0.3 is 12.1 Å². The summed E-state index contributed by atoms with van der Waals surface area (Å²) in [6, 6.07) is 11.2. The molecular formula is C28H27ClF3N5O4. The van der Waals surface area contributed by atoms with Gasteiger partial charge < -0.3 is 19.6 Å². The van der Waals surface area contributed by atoms with Crippen molar-refractivity contribution < 1.29 is 32.7 Å². The highest BCUT2D eigenvalue weighted by molar-refractivity contribution is 6.30. The SMILES string of the molecule is Cc1cc(Cl)ccc1-n1ncc(-c2nc(-c3ccc([C@@H](O)CN4CCC[C@H](CC(=O)O)C4)cc3)no2)c1C(F)(F)F. The Morgan fingerprint density at radius 2 is 1.98 bits per heavy atom. The van der Waals surface area contributed by atoms with Gasteiger partial charge in [0.25, 0.3) is 5.89 Å². The summed E-state index contributed by atoms with van der Waals surface area (Å²) in [4.78, 5) is 17.3. The van der Waals surface area contributed by atoms with Crippen LogP contribution in [0.1, 0.15) is 42.2 Å². The van der Waals surface area contributed by atoms with E-state index >= 15 is 0 Å². The van der Waals surface area contributed by atoms with E-state index in [9.17, 15) is 23.1 Å². The molecule has 3 heterocycles. The number of benzene rings is 2. The topological polar surface area (TPSA) is 118 Å². The molecule has 2 atom stereocenters. The third kappa shape index (κ3) is 6.45. The van der Waals surface area contributed by atoms with E-state index in [-0.39, 0.29) is 35.3 Å². The number of aliphatic carboxylic acids is 1. The summed E-state index contributed by atoms with van der Waals surface area (Å²) in [5.74, 6) is -1.02. The normalized spacial score (nSPS) is 17.1. The Kier molecular flexibility index (Phi) is 8.16. The van der Waals surface area contributed by atoms with Crippen LogP contribution in [0.4, 0.5) is 13.2 Å². The first-order valence-corrected chi connectivity index (χ1v) is 13.4. The molecule has 0 saturated carbocycles. The van der Waals surface area contributed by atoms with Crippen LogP contribution in [0.2, 0.25) is 5.02 Å². The summed E-state index contributed by atoms with van der Waals surface area (Å²) in [7, 11) is 0. The number of aromatic nitrogens is 4. The smallest absolute Gasteiger partial charge is 0.434 e. The van der Waals surface area contributed by atoms with Crippen LogP contribution >= 0.6 is 11.6 Å². The molecule has 2 aromatic carbocycles. The van der Waals surface area contributed by atoms with Gasteiger partial charge in [-0.2, -0.15) is 23.3 Å². The van der Waals surface area contributed by atoms with E-state index in [0.29, 0.717) is 34.8 Å². The molecule has 4 aromatic rings. The van der Waals surface area contributed by atoms with E-state index in [1.165, 1.54) is 12.1 Å². The van der Waals surface area contributed by atoms with Gasteiger partial charge in [0.2, 0.25) is 5.82 Å². The first-order valence-electron chi connectivity index (χ1n) is 13.0. The zero-order chi connectivity index (χ0) is 29.3. The van der Waals surface area contributed by atoms with Gasteiger partial charge in [0.15, 0.2) is 5.69 Å². The third-order valence-electron chi connectivity index (χ3n) is 7.13. The molecule has 13 heteroatoms. The molecule has 1 aliphatic heterocycles. The Morgan fingerprint density at radius 3 is 2.66 bits per heavy atom. The van der Waals surface area contributed by atoms with E-state index in [1.54, 1.807) is 37.3 Å². The van der Waals surface area contributed by atoms with Crippen molar-refractivity contribution in [2.24, 2.45) is 5.92 Å². The molecule has 0 spiro atoms. The van der Waals surface area contributed by atoms with Crippen LogP contribution in [0.25, 0.3) is 28.5 Å². The van der Waals surface area contributed by atoms with E-state index in [0.717, 1.165) is 30.3 Å². The second kappa shape index (κ2) is 11.6. The molecule has 2 aromatic heterocycles. The number of carbonyl (C=O) groups is 1. The van der Waals surface area contributed by atoms with E-state index in [4.69, 9.17) is 21.2 Å². The fourth-order valence-corrected chi connectivity index (χ4v) is 5.43. The lowest BCUT2D eigenvalue weighted by molar-refractivity contribution is -0.142. The van der Waals surface area contributed by atoms with Crippen molar-refractivity contribution in [3.63, 3.8) is 0 Å². The summed E-state index contributed by atoms with van der Waals surface area (Å²) in [6.07, 6.45) is -2.70. The Balaban J connectivity index is 1.34. The van der Waals surface area contributed by atoms with Crippen molar-refractivity contribution in [1.82, 2.24) is 24.8 Å². The monoisotopic (exact) mass is 589 g/mol. The number of rotatable bonds is 8. The molecule has 1 aliphatic rings. The van der Waals surface area contributed by atoms with Gasteiger partial charge in [-0.05, 0) is 61.6 Å². The molecule has 0 unspecified atom stereocenters. The van der Waals surface area contributed by atoms with Crippen molar-refractivity contribution >= 4 is 17.6 Å². The van der Waals surface area contributed by atoms with Crippen LogP contribution in [0.3, 0.4) is 0 Å². The van der Waals surface area contributed by atoms with Crippen molar-refractivity contribution in [3.8, 4) is 28.5 Å². The molecule has 2 N–H and O–H groups in total. The van der Waals surface area contributed by atoms with Crippen LogP contribution in [-0.2, 0) is 11.0 Å². The molecule has 0 radical (unpaired) electrons. The molecule has 1 fully saturated rings. The van der Waals surface area contributed by atoms with Crippen LogP contribution in [0.5, 0.6) is 0 Å². The van der Waals surface area contributed by atoms with Gasteiger partial charge in [-0.15, -0.1) is 0 Å². The number of hydrogen-bond acceptors (Lipinski definition) is 7. The lowest BCUT2D eigenvalue weighted by Gasteiger charge is -2.33. The summed E-state index contributed by atoms with van der Waals surface area (Å²) in [5, 5.41) is 28.1. The average molecular weight is 590 g/mol. The average Bonchev–Trinajstić information content (AvgIpc) is 3.56. The van der Waals surface area contributed by atoms with E-state index in [2.05, 4.69) is 20.1 Å². The maximum Gasteiger partial charge on any atom is 0.434 e. The zero-order valence-electron chi connectivity index (χ0n) is 22.0. The summed E-state index contributed by atoms with van der Waals surface area (Å²) in [6.45, 7) is 3.39. The van der Waals surface area contributed by atoms with Gasteiger partial charge in [0, 0.05) is 30.1 Å². The zero-order valence-corrected chi connectivity index (χ0v) is 22.7. The first-order chi connectivity index (χ1) is 19.5. The Hall–Kier alpha value is -3.74. The van der Waals surface area contributed by atoms with Crippen molar-refractivity contribution in [2.75, 3.05) is 19.6 Å². The summed E-state index contributed by atoms with van der Waals surface area (Å²) < 4.78 is 48.6. The number of carboxylic acids is 1. The highest BCUT2D eigenvalue weighted by Crippen LogP contribution is 2.39. The second-order valence-corrected chi connectivity index (χ2v) is 10.6. The van der Waals surface area contributed by atoms with Crippen LogP contribution in [-0.4, -0.2) is 60.6 Å². The van der Waals surface area contributed by atoms with Gasteiger partial charge in [0.1, 0.15) is 0 Å². The molecule has 216 valence electrons. The highest BCUT2D eigenvalue weighted by atomic mass is 35.5. The quantitative estimate of drug-likeness (QED) is 0.265. The van der Waals surface area contributed by atoms with Crippen LogP contribution < -0.4 is 0 Å². The van der Waals surface area contributed by atoms with Gasteiger partial charge in [-0.1, -0.05) is 41.0 Å². The summed E-state index contributed by atoms with van der Waals surface area (Å²) in [5.41, 5.74) is 0.428. The molecule has 41 heavy (non-hydrogen) atoms. The highest BCUT2D eigenvalue weighted by Gasteiger charge is 2.41. The molecule has 0 aliphatic carbocycles. The fraction of sp³-hybridized carbons (Fsp3) is 0.357. The lowest BCUT2D eigenvalue weighted by Crippen LogP contribution is -2.38. The minimum atomic E-state index is -4.77. The number of β-amino-alcohol motifs (C(OH)–C–C–N with tert-alkyl or cyclic N) is 1. The van der Waals surface area contributed by atoms with Gasteiger partial charge in [-0.3, -0.25) is 4.79 Å². The van der Waals surface area contributed by atoms with E-state index < -0.39 is 23.9 Å². The van der Waals surface area contributed by atoms with Crippen LogP contribution in [0.15, 0.2) is 53.2 Å². The predicted molar refractivity (Wildman–Crippen MR) is 143 cm³/mol. The number of halogens is 4. The number of likely N-dealkylation sites (tertiary alicyclic amines) is 1. The van der Waals surface area contributed by atoms with E-state index in [1.807, 2.05) is 0 Å². The maximum atomic E-state index is 14.2. The second-order valence-electron chi connectivity index (χ2n) is 10.2. The third-order valence-corrected chi connectivity index (χ3v) is 7.37. The number of nitrogens with zero attached hydrogens (tertiary/aromatic N) is 5. The molecule has 0 amide bonds. The minimum absolute atomic E-state index is 0.0587. The number of aryl methyl sites for hydroxylation is 1. The predicted octanol–water partition coefficient (Wildman–Crippen LogP) is 5.79. The number of piperidine rings is 1.